The predicted octanol–water partition coefficient (Wildman–Crippen LogP) is 3.04. The average Bonchev–Trinajstić information content (AvgIpc) is 2.50. The van der Waals surface area contributed by atoms with Gasteiger partial charge < -0.3 is 5.32 Å². The molecule has 2 aromatic carbocycles. The van der Waals surface area contributed by atoms with E-state index in [4.69, 9.17) is 11.6 Å². The molecule has 0 fully saturated rings. The molecule has 3 nitrogen and oxygen atoms in total. The molecule has 0 aliphatic heterocycles. The predicted molar refractivity (Wildman–Crippen MR) is 86.4 cm³/mol. The SMILES string of the molecule is O=C(CS(=O)Cc1c(F)cccc1Cl)NCc1ccccc1. The first kappa shape index (κ1) is 16.6. The number of carbonyl (C=O) groups excluding carboxylic acids is 1. The molecule has 0 radical (unpaired) electrons. The Labute approximate surface area is 136 Å². The molecule has 2 aromatic rings. The Balaban J connectivity index is 1.85. The molecule has 0 bridgehead atoms. The lowest BCUT2D eigenvalue weighted by molar-refractivity contribution is -0.118. The van der Waals surface area contributed by atoms with Crippen molar-refractivity contribution in [2.24, 2.45) is 0 Å². The van der Waals surface area contributed by atoms with Crippen molar-refractivity contribution >= 4 is 28.3 Å². The van der Waals surface area contributed by atoms with Crippen molar-refractivity contribution in [3.63, 3.8) is 0 Å². The lowest BCUT2D eigenvalue weighted by atomic mass is 10.2. The highest BCUT2D eigenvalue weighted by Crippen LogP contribution is 2.20. The maximum absolute atomic E-state index is 13.6. The molecule has 6 heteroatoms. The largest absolute Gasteiger partial charge is 0.351 e. The van der Waals surface area contributed by atoms with E-state index in [1.54, 1.807) is 0 Å². The van der Waals surface area contributed by atoms with Crippen LogP contribution in [-0.4, -0.2) is 15.9 Å². The summed E-state index contributed by atoms with van der Waals surface area (Å²) in [5.41, 5.74) is 1.14. The Bertz CT molecular complexity index is 659. The summed E-state index contributed by atoms with van der Waals surface area (Å²) in [6, 6.07) is 13.7. The van der Waals surface area contributed by atoms with Gasteiger partial charge >= 0.3 is 0 Å². The van der Waals surface area contributed by atoms with Gasteiger partial charge in [0.25, 0.3) is 0 Å². The van der Waals surface area contributed by atoms with E-state index in [9.17, 15) is 13.4 Å². The number of hydrogen-bond donors (Lipinski definition) is 1. The van der Waals surface area contributed by atoms with Gasteiger partial charge in [0.2, 0.25) is 5.91 Å². The molecule has 22 heavy (non-hydrogen) atoms. The number of halogens is 2. The summed E-state index contributed by atoms with van der Waals surface area (Å²) in [6.07, 6.45) is 0. The maximum Gasteiger partial charge on any atom is 0.232 e. The van der Waals surface area contributed by atoms with E-state index < -0.39 is 16.6 Å². The summed E-state index contributed by atoms with van der Waals surface area (Å²) in [5, 5.41) is 2.91. The fourth-order valence-corrected chi connectivity index (χ4v) is 3.30. The maximum atomic E-state index is 13.6. The van der Waals surface area contributed by atoms with E-state index in [2.05, 4.69) is 5.32 Å². The lowest BCUT2D eigenvalue weighted by Gasteiger charge is -2.07. The molecule has 1 amide bonds. The van der Waals surface area contributed by atoms with Crippen LogP contribution in [0.5, 0.6) is 0 Å². The van der Waals surface area contributed by atoms with Gasteiger partial charge in [0.05, 0.1) is 5.75 Å². The molecular formula is C16H15ClFNO2S. The molecule has 1 unspecified atom stereocenters. The van der Waals surface area contributed by atoms with E-state index in [1.165, 1.54) is 18.2 Å². The molecule has 116 valence electrons. The number of rotatable bonds is 6. The van der Waals surface area contributed by atoms with E-state index in [1.807, 2.05) is 30.3 Å². The summed E-state index contributed by atoms with van der Waals surface area (Å²) in [6.45, 7) is 0.372. The fourth-order valence-electron chi connectivity index (χ4n) is 1.88. The molecule has 0 aliphatic rings. The van der Waals surface area contributed by atoms with E-state index in [-0.39, 0.29) is 28.0 Å². The van der Waals surface area contributed by atoms with Crippen molar-refractivity contribution in [2.75, 3.05) is 5.75 Å². The van der Waals surface area contributed by atoms with Crippen LogP contribution in [0.25, 0.3) is 0 Å². The minimum Gasteiger partial charge on any atom is -0.351 e. The van der Waals surface area contributed by atoms with E-state index >= 15 is 0 Å². The first-order chi connectivity index (χ1) is 10.6. The van der Waals surface area contributed by atoms with Gasteiger partial charge in [-0.05, 0) is 17.7 Å². The standard InChI is InChI=1S/C16H15ClFNO2S/c17-14-7-4-8-15(18)13(14)10-22(21)11-16(20)19-9-12-5-2-1-3-6-12/h1-8H,9-11H2,(H,19,20). The Morgan fingerprint density at radius 3 is 2.55 bits per heavy atom. The van der Waals surface area contributed by atoms with Crippen LogP contribution < -0.4 is 5.32 Å². The molecule has 0 aromatic heterocycles. The van der Waals surface area contributed by atoms with Crippen LogP contribution in [0.3, 0.4) is 0 Å². The number of nitrogens with one attached hydrogen (secondary N) is 1. The quantitative estimate of drug-likeness (QED) is 0.879. The van der Waals surface area contributed by atoms with Crippen LogP contribution in [0.15, 0.2) is 48.5 Å². The second-order valence-corrected chi connectivity index (χ2v) is 6.56. The average molecular weight is 340 g/mol. The minimum atomic E-state index is -1.52. The van der Waals surface area contributed by atoms with Gasteiger partial charge in [-0.1, -0.05) is 48.0 Å². The molecule has 0 saturated heterocycles. The number of amides is 1. The van der Waals surface area contributed by atoms with Gasteiger partial charge in [-0.2, -0.15) is 0 Å². The van der Waals surface area contributed by atoms with Crippen molar-refractivity contribution in [1.82, 2.24) is 5.32 Å². The highest BCUT2D eigenvalue weighted by molar-refractivity contribution is 7.84. The minimum absolute atomic E-state index is 0.0791. The monoisotopic (exact) mass is 339 g/mol. The fraction of sp³-hybridized carbons (Fsp3) is 0.188. The van der Waals surface area contributed by atoms with Crippen LogP contribution in [0.2, 0.25) is 5.02 Å². The number of carbonyl (C=O) groups is 1. The highest BCUT2D eigenvalue weighted by atomic mass is 35.5. The summed E-state index contributed by atoms with van der Waals surface area (Å²) in [5.74, 6) is -1.11. The Morgan fingerprint density at radius 2 is 1.86 bits per heavy atom. The van der Waals surface area contributed by atoms with Crippen molar-refractivity contribution in [3.8, 4) is 0 Å². The van der Waals surface area contributed by atoms with Crippen LogP contribution >= 0.6 is 11.6 Å². The first-order valence-corrected chi connectivity index (χ1v) is 8.51. The number of hydrogen-bond acceptors (Lipinski definition) is 2. The zero-order valence-electron chi connectivity index (χ0n) is 11.7. The smallest absolute Gasteiger partial charge is 0.232 e. The second-order valence-electron chi connectivity index (χ2n) is 4.69. The lowest BCUT2D eigenvalue weighted by Crippen LogP contribution is -2.28. The van der Waals surface area contributed by atoms with Gasteiger partial charge in [0.15, 0.2) is 0 Å². The van der Waals surface area contributed by atoms with Crippen LogP contribution in [0, 0.1) is 5.82 Å². The third-order valence-corrected chi connectivity index (χ3v) is 4.54. The molecule has 1 N–H and O–H groups in total. The van der Waals surface area contributed by atoms with Crippen molar-refractivity contribution < 1.29 is 13.4 Å². The molecule has 0 aliphatic carbocycles. The second kappa shape index (κ2) is 8.06. The highest BCUT2D eigenvalue weighted by Gasteiger charge is 2.13. The Kier molecular flexibility index (Phi) is 6.10. The zero-order chi connectivity index (χ0) is 15.9. The molecule has 0 saturated carbocycles. The topological polar surface area (TPSA) is 46.2 Å². The Hall–Kier alpha value is -1.72. The third kappa shape index (κ3) is 4.93. The summed E-state index contributed by atoms with van der Waals surface area (Å²) in [7, 11) is -1.52. The third-order valence-electron chi connectivity index (χ3n) is 2.99. The van der Waals surface area contributed by atoms with E-state index in [0.717, 1.165) is 5.56 Å². The normalized spacial score (nSPS) is 11.9. The van der Waals surface area contributed by atoms with Gasteiger partial charge in [-0.15, -0.1) is 0 Å². The molecule has 1 atom stereocenters. The van der Waals surface area contributed by atoms with Gasteiger partial charge in [0.1, 0.15) is 11.6 Å². The summed E-state index contributed by atoms with van der Waals surface area (Å²) < 4.78 is 25.6. The van der Waals surface area contributed by atoms with Crippen molar-refractivity contribution in [3.05, 3.63) is 70.5 Å². The van der Waals surface area contributed by atoms with Crippen LogP contribution in [0.1, 0.15) is 11.1 Å². The summed E-state index contributed by atoms with van der Waals surface area (Å²) >= 11 is 5.88. The molecule has 2 rings (SSSR count). The van der Waals surface area contributed by atoms with Crippen molar-refractivity contribution in [2.45, 2.75) is 12.3 Å². The van der Waals surface area contributed by atoms with Gasteiger partial charge in [-0.25, -0.2) is 4.39 Å². The van der Waals surface area contributed by atoms with E-state index in [0.29, 0.717) is 6.54 Å². The molecule has 0 heterocycles. The summed E-state index contributed by atoms with van der Waals surface area (Å²) in [4.78, 5) is 11.8. The van der Waals surface area contributed by atoms with Crippen LogP contribution in [0.4, 0.5) is 4.39 Å². The van der Waals surface area contributed by atoms with Gasteiger partial charge in [-0.3, -0.25) is 9.00 Å². The molecule has 0 spiro atoms. The Morgan fingerprint density at radius 1 is 1.14 bits per heavy atom. The van der Waals surface area contributed by atoms with Crippen molar-refractivity contribution in [1.29, 1.82) is 0 Å². The van der Waals surface area contributed by atoms with Gasteiger partial charge in [0, 0.05) is 27.9 Å². The van der Waals surface area contributed by atoms with Crippen LogP contribution in [-0.2, 0) is 27.9 Å². The number of benzene rings is 2. The first-order valence-electron chi connectivity index (χ1n) is 6.65. The molecular weight excluding hydrogens is 325 g/mol. The zero-order valence-corrected chi connectivity index (χ0v) is 13.3.